The Morgan fingerprint density at radius 3 is 2.44 bits per heavy atom. The molecule has 34 heavy (non-hydrogen) atoms. The van der Waals surface area contributed by atoms with E-state index in [1.807, 2.05) is 0 Å². The summed E-state index contributed by atoms with van der Waals surface area (Å²) >= 11 is 0. The van der Waals surface area contributed by atoms with Crippen LogP contribution in [0.4, 0.5) is 5.82 Å². The van der Waals surface area contributed by atoms with Gasteiger partial charge in [0.2, 0.25) is 11.6 Å². The number of rotatable bonds is 6. The molecule has 0 bridgehead atoms. The monoisotopic (exact) mass is 459 g/mol. The highest BCUT2D eigenvalue weighted by Gasteiger charge is 2.37. The lowest BCUT2D eigenvalue weighted by Gasteiger charge is -2.16. The molecule has 1 saturated heterocycles. The van der Waals surface area contributed by atoms with Gasteiger partial charge in [-0.15, -0.1) is 0 Å². The highest BCUT2D eigenvalue weighted by atomic mass is 16.6. The SMILES string of the molecule is Nc1nc(C(=O)c2ccccc2)nc2c1ncn2[C@H]1C[C@@H](O)[C@@H](COC(=O)c2ccccc2)O1. The van der Waals surface area contributed by atoms with Gasteiger partial charge in [0.25, 0.3) is 0 Å². The molecule has 10 nitrogen and oxygen atoms in total. The van der Waals surface area contributed by atoms with Gasteiger partial charge in [0, 0.05) is 12.0 Å². The molecule has 0 unspecified atom stereocenters. The quantitative estimate of drug-likeness (QED) is 0.327. The molecule has 172 valence electrons. The van der Waals surface area contributed by atoms with Crippen LogP contribution in [0.15, 0.2) is 67.0 Å². The molecule has 2 aromatic carbocycles. The van der Waals surface area contributed by atoms with Crippen molar-refractivity contribution >= 4 is 28.7 Å². The highest BCUT2D eigenvalue weighted by Crippen LogP contribution is 2.32. The van der Waals surface area contributed by atoms with Gasteiger partial charge in [0.15, 0.2) is 11.5 Å². The number of anilines is 1. The molecule has 0 aliphatic carbocycles. The van der Waals surface area contributed by atoms with E-state index in [4.69, 9.17) is 15.2 Å². The zero-order valence-corrected chi connectivity index (χ0v) is 17.9. The van der Waals surface area contributed by atoms with Gasteiger partial charge in [-0.05, 0) is 12.1 Å². The van der Waals surface area contributed by atoms with Gasteiger partial charge in [0.1, 0.15) is 24.5 Å². The summed E-state index contributed by atoms with van der Waals surface area (Å²) in [7, 11) is 0. The van der Waals surface area contributed by atoms with Gasteiger partial charge in [-0.25, -0.2) is 19.7 Å². The predicted molar refractivity (Wildman–Crippen MR) is 121 cm³/mol. The molecule has 1 fully saturated rings. The minimum absolute atomic E-state index is 0.0647. The number of ether oxygens (including phenoxy) is 2. The number of nitrogens with two attached hydrogens (primary N) is 1. The molecule has 3 atom stereocenters. The third-order valence-corrected chi connectivity index (χ3v) is 5.59. The van der Waals surface area contributed by atoms with Crippen molar-refractivity contribution in [2.24, 2.45) is 0 Å². The Hall–Kier alpha value is -4.15. The zero-order valence-electron chi connectivity index (χ0n) is 17.9. The summed E-state index contributed by atoms with van der Waals surface area (Å²) in [5.41, 5.74) is 7.52. The Labute approximate surface area is 194 Å². The van der Waals surface area contributed by atoms with E-state index in [9.17, 15) is 14.7 Å². The van der Waals surface area contributed by atoms with Gasteiger partial charge in [-0.2, -0.15) is 0 Å². The Morgan fingerprint density at radius 1 is 1.06 bits per heavy atom. The molecule has 0 saturated carbocycles. The van der Waals surface area contributed by atoms with Crippen LogP contribution >= 0.6 is 0 Å². The van der Waals surface area contributed by atoms with E-state index in [2.05, 4.69) is 15.0 Å². The van der Waals surface area contributed by atoms with E-state index < -0.39 is 24.4 Å². The molecular weight excluding hydrogens is 438 g/mol. The number of carbonyl (C=O) groups is 2. The van der Waals surface area contributed by atoms with Crippen molar-refractivity contribution in [1.29, 1.82) is 0 Å². The van der Waals surface area contributed by atoms with Crippen molar-refractivity contribution in [3.63, 3.8) is 0 Å². The number of hydrogen-bond acceptors (Lipinski definition) is 9. The third kappa shape index (κ3) is 4.12. The van der Waals surface area contributed by atoms with Gasteiger partial charge in [0.05, 0.1) is 18.0 Å². The maximum absolute atomic E-state index is 12.8. The van der Waals surface area contributed by atoms with Crippen molar-refractivity contribution in [2.75, 3.05) is 12.3 Å². The average molecular weight is 459 g/mol. The minimum Gasteiger partial charge on any atom is -0.459 e. The summed E-state index contributed by atoms with van der Waals surface area (Å²) in [6, 6.07) is 17.2. The lowest BCUT2D eigenvalue weighted by Crippen LogP contribution is -2.28. The number of esters is 1. The van der Waals surface area contributed by atoms with Crippen LogP contribution in [0, 0.1) is 0 Å². The van der Waals surface area contributed by atoms with Crippen LogP contribution < -0.4 is 5.73 Å². The van der Waals surface area contributed by atoms with Crippen molar-refractivity contribution in [2.45, 2.75) is 24.9 Å². The van der Waals surface area contributed by atoms with Crippen LogP contribution in [0.25, 0.3) is 11.2 Å². The lowest BCUT2D eigenvalue weighted by atomic mass is 10.1. The number of aromatic nitrogens is 4. The first-order chi connectivity index (χ1) is 16.5. The number of benzene rings is 2. The number of ketones is 1. The molecule has 5 rings (SSSR count). The molecule has 0 spiro atoms. The number of carbonyl (C=O) groups excluding carboxylic acids is 2. The smallest absolute Gasteiger partial charge is 0.338 e. The molecular formula is C24H21N5O5. The minimum atomic E-state index is -0.879. The summed E-state index contributed by atoms with van der Waals surface area (Å²) in [6.45, 7) is -0.118. The van der Waals surface area contributed by atoms with E-state index in [1.54, 1.807) is 65.2 Å². The standard InChI is InChI=1S/C24H21N5O5/c25-21-19-23(28-22(27-21)20(31)14-7-3-1-4-8-14)29(13-26-19)18-11-16(30)17(34-18)12-33-24(32)15-9-5-2-6-10-15/h1-10,13,16-18,30H,11-12H2,(H2,25,27,28)/t16-,17-,18-/m1/s1. The Morgan fingerprint density at radius 2 is 1.74 bits per heavy atom. The molecule has 10 heteroatoms. The van der Waals surface area contributed by atoms with Crippen LogP contribution in [0.1, 0.15) is 39.2 Å². The summed E-state index contributed by atoms with van der Waals surface area (Å²) in [5.74, 6) is -0.878. The number of aliphatic hydroxyl groups excluding tert-OH is 1. The second kappa shape index (κ2) is 9.00. The summed E-state index contributed by atoms with van der Waals surface area (Å²) in [6.07, 6.45) is -0.572. The lowest BCUT2D eigenvalue weighted by molar-refractivity contribution is -0.0509. The first kappa shape index (κ1) is 21.7. The van der Waals surface area contributed by atoms with E-state index in [1.165, 1.54) is 6.33 Å². The average Bonchev–Trinajstić information content (AvgIpc) is 3.46. The molecule has 0 radical (unpaired) electrons. The number of aliphatic hydroxyl groups is 1. The van der Waals surface area contributed by atoms with E-state index in [0.717, 1.165) is 0 Å². The van der Waals surface area contributed by atoms with Gasteiger partial charge >= 0.3 is 5.97 Å². The molecule has 3 N–H and O–H groups in total. The summed E-state index contributed by atoms with van der Waals surface area (Å²) < 4.78 is 12.9. The first-order valence-electron chi connectivity index (χ1n) is 10.7. The van der Waals surface area contributed by atoms with Crippen molar-refractivity contribution in [3.8, 4) is 0 Å². The maximum Gasteiger partial charge on any atom is 0.338 e. The number of nitrogens with zero attached hydrogens (tertiary/aromatic N) is 4. The molecule has 1 aliphatic heterocycles. The number of hydrogen-bond donors (Lipinski definition) is 2. The van der Waals surface area contributed by atoms with Crippen molar-refractivity contribution in [1.82, 2.24) is 19.5 Å². The third-order valence-electron chi connectivity index (χ3n) is 5.59. The van der Waals surface area contributed by atoms with Crippen LogP contribution in [-0.4, -0.2) is 55.2 Å². The molecule has 0 amide bonds. The van der Waals surface area contributed by atoms with Crippen LogP contribution in [0.2, 0.25) is 0 Å². The van der Waals surface area contributed by atoms with E-state index >= 15 is 0 Å². The Bertz CT molecular complexity index is 1340. The van der Waals surface area contributed by atoms with Crippen LogP contribution in [0.5, 0.6) is 0 Å². The number of imidazole rings is 1. The maximum atomic E-state index is 12.8. The van der Waals surface area contributed by atoms with Crippen molar-refractivity contribution < 1.29 is 24.2 Å². The Kier molecular flexibility index (Phi) is 5.74. The van der Waals surface area contributed by atoms with Gasteiger partial charge in [-0.3, -0.25) is 9.36 Å². The fraction of sp³-hybridized carbons (Fsp3) is 0.208. The second-order valence-electron chi connectivity index (χ2n) is 7.85. The fourth-order valence-electron chi connectivity index (χ4n) is 3.82. The summed E-state index contributed by atoms with van der Waals surface area (Å²) in [4.78, 5) is 37.8. The molecule has 2 aromatic heterocycles. The van der Waals surface area contributed by atoms with Crippen molar-refractivity contribution in [3.05, 3.63) is 83.9 Å². The van der Waals surface area contributed by atoms with E-state index in [-0.39, 0.29) is 30.5 Å². The van der Waals surface area contributed by atoms with E-state index in [0.29, 0.717) is 22.3 Å². The van der Waals surface area contributed by atoms with Gasteiger partial charge in [-0.1, -0.05) is 48.5 Å². The Balaban J connectivity index is 1.35. The van der Waals surface area contributed by atoms with Crippen LogP contribution in [0.3, 0.4) is 0 Å². The predicted octanol–water partition coefficient (Wildman–Crippen LogP) is 2.14. The number of nitrogen functional groups attached to an aromatic ring is 1. The second-order valence-corrected chi connectivity index (χ2v) is 7.85. The highest BCUT2D eigenvalue weighted by molar-refractivity contribution is 6.07. The topological polar surface area (TPSA) is 142 Å². The first-order valence-corrected chi connectivity index (χ1v) is 10.7. The zero-order chi connectivity index (χ0) is 23.7. The molecule has 3 heterocycles. The molecule has 4 aromatic rings. The van der Waals surface area contributed by atoms with Crippen LogP contribution in [-0.2, 0) is 9.47 Å². The van der Waals surface area contributed by atoms with Gasteiger partial charge < -0.3 is 20.3 Å². The normalized spacial score (nSPS) is 19.9. The number of fused-ring (bicyclic) bond motifs is 1. The summed E-state index contributed by atoms with van der Waals surface area (Å²) in [5, 5.41) is 10.5. The fourth-order valence-corrected chi connectivity index (χ4v) is 3.82. The molecule has 1 aliphatic rings. The largest absolute Gasteiger partial charge is 0.459 e.